The summed E-state index contributed by atoms with van der Waals surface area (Å²) in [6.07, 6.45) is 0. The number of para-hydroxylation sites is 1. The van der Waals surface area contributed by atoms with Gasteiger partial charge in [0.1, 0.15) is 22.9 Å². The van der Waals surface area contributed by atoms with Crippen LogP contribution in [-0.4, -0.2) is 10.9 Å². The third kappa shape index (κ3) is 3.72. The summed E-state index contributed by atoms with van der Waals surface area (Å²) < 4.78 is 12.0. The molecule has 0 spiro atoms. The number of hydrogen-bond acceptors (Lipinski definition) is 5. The van der Waals surface area contributed by atoms with Gasteiger partial charge in [-0.15, -0.1) is 0 Å². The zero-order valence-corrected chi connectivity index (χ0v) is 19.9. The second-order valence-electron chi connectivity index (χ2n) is 8.52. The number of amides is 1. The number of carbonyl (C=O) groups is 1. The lowest BCUT2D eigenvalue weighted by Crippen LogP contribution is -2.30. The molecule has 0 aliphatic carbocycles. The molecular weight excluding hydrogens is 476 g/mol. The van der Waals surface area contributed by atoms with Gasteiger partial charge in [-0.1, -0.05) is 48.0 Å². The van der Waals surface area contributed by atoms with Crippen LogP contribution in [0, 0.1) is 6.92 Å². The molecule has 0 N–H and O–H groups in total. The molecule has 3 aromatic carbocycles. The quantitative estimate of drug-likeness (QED) is 0.278. The van der Waals surface area contributed by atoms with Crippen LogP contribution in [-0.2, 0) is 0 Å². The third-order valence-corrected chi connectivity index (χ3v) is 6.34. The number of hydrogen-bond donors (Lipinski definition) is 0. The van der Waals surface area contributed by atoms with Gasteiger partial charge >= 0.3 is 0 Å². The molecule has 1 aliphatic heterocycles. The average Bonchev–Trinajstić information content (AvgIpc) is 3.18. The van der Waals surface area contributed by atoms with E-state index in [4.69, 9.17) is 20.8 Å². The highest BCUT2D eigenvalue weighted by molar-refractivity contribution is 6.31. The lowest BCUT2D eigenvalue weighted by molar-refractivity contribution is 0.0970. The van der Waals surface area contributed by atoms with Gasteiger partial charge in [0.25, 0.3) is 5.91 Å². The molecule has 3 heterocycles. The predicted molar refractivity (Wildman–Crippen MR) is 138 cm³/mol. The number of anilines is 1. The Labute approximate surface area is 211 Å². The van der Waals surface area contributed by atoms with E-state index in [9.17, 15) is 9.59 Å². The zero-order chi connectivity index (χ0) is 24.8. The van der Waals surface area contributed by atoms with Crippen molar-refractivity contribution in [3.05, 3.63) is 129 Å². The Bertz CT molecular complexity index is 1700. The second kappa shape index (κ2) is 8.66. The van der Waals surface area contributed by atoms with Crippen LogP contribution in [0.3, 0.4) is 0 Å². The van der Waals surface area contributed by atoms with Gasteiger partial charge < -0.3 is 9.15 Å². The Hall–Kier alpha value is -4.42. The number of rotatable bonds is 4. The van der Waals surface area contributed by atoms with Gasteiger partial charge in [-0.2, -0.15) is 0 Å². The molecule has 36 heavy (non-hydrogen) atoms. The number of aromatic nitrogens is 1. The molecule has 7 heteroatoms. The molecule has 0 saturated carbocycles. The average molecular weight is 495 g/mol. The maximum absolute atomic E-state index is 13.8. The van der Waals surface area contributed by atoms with E-state index in [1.54, 1.807) is 24.3 Å². The van der Waals surface area contributed by atoms with Crippen molar-refractivity contribution in [1.29, 1.82) is 0 Å². The molecule has 0 saturated heterocycles. The summed E-state index contributed by atoms with van der Waals surface area (Å²) in [5, 5.41) is 0.723. The highest BCUT2D eigenvalue weighted by atomic mass is 35.5. The van der Waals surface area contributed by atoms with Crippen molar-refractivity contribution in [3.8, 4) is 11.5 Å². The monoisotopic (exact) mass is 494 g/mol. The highest BCUT2D eigenvalue weighted by Gasteiger charge is 2.44. The minimum absolute atomic E-state index is 0.00231. The first kappa shape index (κ1) is 22.1. The zero-order valence-electron chi connectivity index (χ0n) is 19.1. The number of halogens is 1. The normalized spacial score (nSPS) is 14.8. The standard InChI is InChI=1S/C29H19ClN2O4/c1-17-7-5-12-24(31-17)32-26(18-8-6-11-21(15-18)35-20-9-3-2-4-10-20)25-27(33)22-16-19(30)13-14-23(22)36-28(25)29(32)34/h2-16,26H,1H3. The second-order valence-corrected chi connectivity index (χ2v) is 8.95. The summed E-state index contributed by atoms with van der Waals surface area (Å²) in [6, 6.07) is 26.2. The van der Waals surface area contributed by atoms with Crippen LogP contribution in [0.25, 0.3) is 11.0 Å². The van der Waals surface area contributed by atoms with Crippen LogP contribution in [0.15, 0.2) is 100 Å². The number of ether oxygens (including phenoxy) is 1. The molecule has 0 radical (unpaired) electrons. The van der Waals surface area contributed by atoms with Crippen LogP contribution < -0.4 is 15.1 Å². The number of pyridine rings is 1. The molecule has 0 fully saturated rings. The van der Waals surface area contributed by atoms with E-state index in [0.29, 0.717) is 38.9 Å². The fourth-order valence-corrected chi connectivity index (χ4v) is 4.70. The van der Waals surface area contributed by atoms with E-state index in [1.807, 2.05) is 73.7 Å². The van der Waals surface area contributed by atoms with E-state index in [0.717, 1.165) is 5.69 Å². The van der Waals surface area contributed by atoms with Crippen molar-refractivity contribution >= 4 is 34.3 Å². The van der Waals surface area contributed by atoms with Crippen LogP contribution in [0.4, 0.5) is 5.82 Å². The molecule has 176 valence electrons. The first-order valence-electron chi connectivity index (χ1n) is 11.4. The Morgan fingerprint density at radius 3 is 2.47 bits per heavy atom. The number of fused-ring (bicyclic) bond motifs is 2. The summed E-state index contributed by atoms with van der Waals surface area (Å²) in [7, 11) is 0. The molecule has 0 bridgehead atoms. The number of benzene rings is 3. The summed E-state index contributed by atoms with van der Waals surface area (Å²) in [6.45, 7) is 1.85. The van der Waals surface area contributed by atoms with Crippen molar-refractivity contribution in [3.63, 3.8) is 0 Å². The number of nitrogens with zero attached hydrogens (tertiary/aromatic N) is 2. The van der Waals surface area contributed by atoms with Gasteiger partial charge in [0.15, 0.2) is 5.43 Å². The van der Waals surface area contributed by atoms with E-state index >= 15 is 0 Å². The minimum atomic E-state index is -0.763. The Balaban J connectivity index is 1.56. The smallest absolute Gasteiger partial charge is 0.296 e. The van der Waals surface area contributed by atoms with Crippen molar-refractivity contribution in [2.45, 2.75) is 13.0 Å². The molecule has 6 rings (SSSR count). The van der Waals surface area contributed by atoms with Gasteiger partial charge in [0, 0.05) is 10.7 Å². The largest absolute Gasteiger partial charge is 0.457 e. The van der Waals surface area contributed by atoms with E-state index in [2.05, 4.69) is 4.98 Å². The van der Waals surface area contributed by atoms with Gasteiger partial charge in [-0.25, -0.2) is 4.98 Å². The lowest BCUT2D eigenvalue weighted by atomic mass is 9.98. The molecule has 6 nitrogen and oxygen atoms in total. The van der Waals surface area contributed by atoms with Crippen molar-refractivity contribution in [1.82, 2.24) is 4.98 Å². The van der Waals surface area contributed by atoms with E-state index in [-0.39, 0.29) is 16.8 Å². The molecule has 1 aliphatic rings. The number of aryl methyl sites for hydroxylation is 1. The minimum Gasteiger partial charge on any atom is -0.457 e. The van der Waals surface area contributed by atoms with E-state index < -0.39 is 11.9 Å². The lowest BCUT2D eigenvalue weighted by Gasteiger charge is -2.24. The maximum Gasteiger partial charge on any atom is 0.296 e. The Morgan fingerprint density at radius 2 is 1.67 bits per heavy atom. The first-order chi connectivity index (χ1) is 17.5. The van der Waals surface area contributed by atoms with Gasteiger partial charge in [0.05, 0.1) is 17.0 Å². The van der Waals surface area contributed by atoms with Crippen LogP contribution in [0.2, 0.25) is 5.02 Å². The summed E-state index contributed by atoms with van der Waals surface area (Å²) >= 11 is 6.18. The predicted octanol–water partition coefficient (Wildman–Crippen LogP) is 6.69. The molecule has 1 unspecified atom stereocenters. The summed E-state index contributed by atoms with van der Waals surface area (Å²) in [5.41, 5.74) is 1.67. The fourth-order valence-electron chi connectivity index (χ4n) is 4.53. The van der Waals surface area contributed by atoms with Gasteiger partial charge in [-0.05, 0) is 67.1 Å². The summed E-state index contributed by atoms with van der Waals surface area (Å²) in [4.78, 5) is 33.6. The first-order valence-corrected chi connectivity index (χ1v) is 11.7. The fraction of sp³-hybridized carbons (Fsp3) is 0.0690. The Morgan fingerprint density at radius 1 is 0.889 bits per heavy atom. The van der Waals surface area contributed by atoms with Crippen LogP contribution in [0.1, 0.15) is 33.4 Å². The molecule has 5 aromatic rings. The number of carbonyl (C=O) groups excluding carboxylic acids is 1. The third-order valence-electron chi connectivity index (χ3n) is 6.11. The molecular formula is C29H19ClN2O4. The SMILES string of the molecule is Cc1cccc(N2C(=O)c3oc4ccc(Cl)cc4c(=O)c3C2c2cccc(Oc3ccccc3)c2)n1. The highest BCUT2D eigenvalue weighted by Crippen LogP contribution is 2.41. The van der Waals surface area contributed by atoms with Gasteiger partial charge in [0.2, 0.25) is 5.76 Å². The molecule has 1 amide bonds. The van der Waals surface area contributed by atoms with Crippen LogP contribution >= 0.6 is 11.6 Å². The summed E-state index contributed by atoms with van der Waals surface area (Å²) in [5.74, 6) is 1.24. The van der Waals surface area contributed by atoms with E-state index in [1.165, 1.54) is 4.90 Å². The van der Waals surface area contributed by atoms with Crippen molar-refractivity contribution < 1.29 is 13.9 Å². The van der Waals surface area contributed by atoms with Crippen LogP contribution in [0.5, 0.6) is 11.5 Å². The topological polar surface area (TPSA) is 72.6 Å². The van der Waals surface area contributed by atoms with Crippen molar-refractivity contribution in [2.24, 2.45) is 0 Å². The molecule has 1 atom stereocenters. The maximum atomic E-state index is 13.8. The van der Waals surface area contributed by atoms with Gasteiger partial charge in [-0.3, -0.25) is 14.5 Å². The Kier molecular flexibility index (Phi) is 5.31. The molecule has 2 aromatic heterocycles. The van der Waals surface area contributed by atoms with Crippen molar-refractivity contribution in [2.75, 3.05) is 4.90 Å².